The van der Waals surface area contributed by atoms with Gasteiger partial charge < -0.3 is 15.1 Å². The van der Waals surface area contributed by atoms with E-state index in [1.165, 1.54) is 6.26 Å². The van der Waals surface area contributed by atoms with E-state index in [0.29, 0.717) is 18.8 Å². The number of rotatable bonds is 3. The maximum Gasteiger partial charge on any atom is 0.289 e. The molecule has 1 amide bonds. The van der Waals surface area contributed by atoms with E-state index in [0.717, 1.165) is 10.4 Å². The van der Waals surface area contributed by atoms with Crippen molar-refractivity contribution in [3.63, 3.8) is 0 Å². The largest absolute Gasteiger partial charge is 0.459 e. The summed E-state index contributed by atoms with van der Waals surface area (Å²) in [5.74, 6) is 5.99. The minimum atomic E-state index is -0.131. The molecule has 2 aromatic rings. The van der Waals surface area contributed by atoms with E-state index in [-0.39, 0.29) is 5.91 Å². The molecule has 0 saturated heterocycles. The minimum absolute atomic E-state index is 0.131. The van der Waals surface area contributed by atoms with Crippen molar-refractivity contribution in [1.82, 2.24) is 4.90 Å². The number of nitrogens with zero attached hydrogens (tertiary/aromatic N) is 1. The second-order valence-electron chi connectivity index (χ2n) is 3.95. The van der Waals surface area contributed by atoms with Gasteiger partial charge in [-0.3, -0.25) is 4.79 Å². The zero-order valence-corrected chi connectivity index (χ0v) is 11.4. The van der Waals surface area contributed by atoms with Gasteiger partial charge in [0.2, 0.25) is 0 Å². The normalized spacial score (nSPS) is 9.79. The molecular formula is C14H14N2O2S. The summed E-state index contributed by atoms with van der Waals surface area (Å²) in [6, 6.07) is 5.33. The van der Waals surface area contributed by atoms with Crippen LogP contribution in [0.3, 0.4) is 0 Å². The Kier molecular flexibility index (Phi) is 4.39. The van der Waals surface area contributed by atoms with E-state index in [1.807, 2.05) is 11.4 Å². The van der Waals surface area contributed by atoms with Gasteiger partial charge in [0.1, 0.15) is 0 Å². The average Bonchev–Trinajstić information content (AvgIpc) is 3.06. The van der Waals surface area contributed by atoms with Crippen LogP contribution in [0.15, 0.2) is 34.3 Å². The Hall–Kier alpha value is -2.03. The van der Waals surface area contributed by atoms with Crippen LogP contribution in [0.1, 0.15) is 21.0 Å². The van der Waals surface area contributed by atoms with E-state index >= 15 is 0 Å². The van der Waals surface area contributed by atoms with Crippen LogP contribution in [0.5, 0.6) is 0 Å². The van der Waals surface area contributed by atoms with Crippen molar-refractivity contribution in [2.24, 2.45) is 5.73 Å². The summed E-state index contributed by atoms with van der Waals surface area (Å²) in [7, 11) is 1.75. The predicted molar refractivity (Wildman–Crippen MR) is 74.8 cm³/mol. The highest BCUT2D eigenvalue weighted by atomic mass is 32.1. The Morgan fingerprint density at radius 2 is 2.42 bits per heavy atom. The molecule has 2 heterocycles. The lowest BCUT2D eigenvalue weighted by molar-refractivity contribution is 0.0755. The molecule has 0 radical (unpaired) electrons. The van der Waals surface area contributed by atoms with Gasteiger partial charge in [-0.2, -0.15) is 0 Å². The fourth-order valence-corrected chi connectivity index (χ4v) is 2.44. The molecule has 4 nitrogen and oxygen atoms in total. The monoisotopic (exact) mass is 274 g/mol. The van der Waals surface area contributed by atoms with Gasteiger partial charge in [0.25, 0.3) is 5.91 Å². The number of thiophene rings is 1. The molecule has 0 fully saturated rings. The third kappa shape index (κ3) is 3.47. The highest BCUT2D eigenvalue weighted by Crippen LogP contribution is 2.16. The summed E-state index contributed by atoms with van der Waals surface area (Å²) < 4.78 is 5.09. The molecule has 0 atom stereocenters. The maximum atomic E-state index is 12.0. The van der Waals surface area contributed by atoms with Gasteiger partial charge in [0, 0.05) is 22.9 Å². The Labute approximate surface area is 115 Å². The summed E-state index contributed by atoms with van der Waals surface area (Å²) >= 11 is 1.58. The molecule has 0 aliphatic heterocycles. The van der Waals surface area contributed by atoms with Crippen LogP contribution in [0, 0.1) is 11.8 Å². The SMILES string of the molecule is CN(Cc1cc(C#CCN)cs1)C(=O)c1ccco1. The lowest BCUT2D eigenvalue weighted by atomic mass is 10.3. The molecule has 0 unspecified atom stereocenters. The Bertz CT molecular complexity index is 605. The minimum Gasteiger partial charge on any atom is -0.459 e. The van der Waals surface area contributed by atoms with E-state index in [9.17, 15) is 4.79 Å². The molecule has 2 rings (SSSR count). The molecule has 0 aromatic carbocycles. The highest BCUT2D eigenvalue weighted by Gasteiger charge is 2.15. The van der Waals surface area contributed by atoms with Gasteiger partial charge in [-0.05, 0) is 18.2 Å². The Morgan fingerprint density at radius 3 is 3.11 bits per heavy atom. The smallest absolute Gasteiger partial charge is 0.289 e. The van der Waals surface area contributed by atoms with Crippen LogP contribution >= 0.6 is 11.3 Å². The highest BCUT2D eigenvalue weighted by molar-refractivity contribution is 7.10. The number of hydrogen-bond donors (Lipinski definition) is 1. The first kappa shape index (κ1) is 13.4. The molecule has 0 bridgehead atoms. The Morgan fingerprint density at radius 1 is 1.58 bits per heavy atom. The third-order valence-electron chi connectivity index (χ3n) is 2.46. The van der Waals surface area contributed by atoms with E-state index in [4.69, 9.17) is 10.2 Å². The summed E-state index contributed by atoms with van der Waals surface area (Å²) in [6.07, 6.45) is 1.49. The summed E-state index contributed by atoms with van der Waals surface area (Å²) in [4.78, 5) is 14.7. The van der Waals surface area contributed by atoms with Gasteiger partial charge in [0.05, 0.1) is 19.4 Å². The van der Waals surface area contributed by atoms with Crippen molar-refractivity contribution in [3.8, 4) is 11.8 Å². The van der Waals surface area contributed by atoms with E-state index < -0.39 is 0 Å². The van der Waals surface area contributed by atoms with Crippen LogP contribution in [0.25, 0.3) is 0 Å². The number of hydrogen-bond acceptors (Lipinski definition) is 4. The first-order valence-corrected chi connectivity index (χ1v) is 6.64. The quantitative estimate of drug-likeness (QED) is 0.870. The third-order valence-corrected chi connectivity index (χ3v) is 3.38. The average molecular weight is 274 g/mol. The van der Waals surface area contributed by atoms with Gasteiger partial charge in [-0.1, -0.05) is 11.8 Å². The zero-order valence-electron chi connectivity index (χ0n) is 10.6. The van der Waals surface area contributed by atoms with Gasteiger partial charge in [0.15, 0.2) is 5.76 Å². The Balaban J connectivity index is 2.01. The van der Waals surface area contributed by atoms with Gasteiger partial charge in [-0.25, -0.2) is 0 Å². The van der Waals surface area contributed by atoms with E-state index in [2.05, 4.69) is 11.8 Å². The van der Waals surface area contributed by atoms with Crippen LogP contribution in [0.4, 0.5) is 0 Å². The molecule has 0 spiro atoms. The fraction of sp³-hybridized carbons (Fsp3) is 0.214. The van der Waals surface area contributed by atoms with Crippen molar-refractivity contribution < 1.29 is 9.21 Å². The number of carbonyl (C=O) groups is 1. The summed E-state index contributed by atoms with van der Waals surface area (Å²) in [5, 5.41) is 1.96. The molecule has 2 aromatic heterocycles. The molecule has 0 aliphatic rings. The molecule has 0 saturated carbocycles. The van der Waals surface area contributed by atoms with Crippen molar-refractivity contribution in [3.05, 3.63) is 46.0 Å². The molecule has 98 valence electrons. The van der Waals surface area contributed by atoms with Crippen molar-refractivity contribution in [2.45, 2.75) is 6.54 Å². The standard InChI is InChI=1S/C14H14N2O2S/c1-16(14(17)13-5-3-7-18-13)9-12-8-11(10-19-12)4-2-6-15/h3,5,7-8,10H,6,9,15H2,1H3. The summed E-state index contributed by atoms with van der Waals surface area (Å²) in [5.41, 5.74) is 6.26. The second kappa shape index (κ2) is 6.23. The molecule has 19 heavy (non-hydrogen) atoms. The van der Waals surface area contributed by atoms with Crippen molar-refractivity contribution in [2.75, 3.05) is 13.6 Å². The van der Waals surface area contributed by atoms with Crippen LogP contribution in [-0.4, -0.2) is 24.4 Å². The van der Waals surface area contributed by atoms with Crippen molar-refractivity contribution in [1.29, 1.82) is 0 Å². The second-order valence-corrected chi connectivity index (χ2v) is 4.94. The molecular weight excluding hydrogens is 260 g/mol. The lowest BCUT2D eigenvalue weighted by Crippen LogP contribution is -2.25. The van der Waals surface area contributed by atoms with Crippen LogP contribution < -0.4 is 5.73 Å². The van der Waals surface area contributed by atoms with Crippen molar-refractivity contribution >= 4 is 17.2 Å². The fourth-order valence-electron chi connectivity index (χ4n) is 1.58. The number of carbonyl (C=O) groups excluding carboxylic acids is 1. The topological polar surface area (TPSA) is 59.5 Å². The number of amides is 1. The van der Waals surface area contributed by atoms with E-state index in [1.54, 1.807) is 35.4 Å². The van der Waals surface area contributed by atoms with Crippen LogP contribution in [-0.2, 0) is 6.54 Å². The summed E-state index contributed by atoms with van der Waals surface area (Å²) in [6.45, 7) is 0.885. The predicted octanol–water partition coefficient (Wildman–Crippen LogP) is 1.92. The number of furan rings is 1. The van der Waals surface area contributed by atoms with Gasteiger partial charge >= 0.3 is 0 Å². The molecule has 5 heteroatoms. The number of nitrogens with two attached hydrogens (primary N) is 1. The lowest BCUT2D eigenvalue weighted by Gasteiger charge is -2.14. The first-order valence-electron chi connectivity index (χ1n) is 5.76. The van der Waals surface area contributed by atoms with Crippen LogP contribution in [0.2, 0.25) is 0 Å². The maximum absolute atomic E-state index is 12.0. The van der Waals surface area contributed by atoms with Gasteiger partial charge in [-0.15, -0.1) is 11.3 Å². The molecule has 0 aliphatic carbocycles. The molecule has 2 N–H and O–H groups in total. The first-order chi connectivity index (χ1) is 9.20. The zero-order chi connectivity index (χ0) is 13.7.